The number of pyridine rings is 1. The van der Waals surface area contributed by atoms with Crippen molar-refractivity contribution in [3.63, 3.8) is 0 Å². The van der Waals surface area contributed by atoms with Crippen LogP contribution in [-0.4, -0.2) is 25.3 Å². The van der Waals surface area contributed by atoms with E-state index in [1.807, 2.05) is 49.4 Å². The highest BCUT2D eigenvalue weighted by atomic mass is 31.2. The van der Waals surface area contributed by atoms with Gasteiger partial charge in [0.15, 0.2) is 5.78 Å². The van der Waals surface area contributed by atoms with Gasteiger partial charge in [0.25, 0.3) is 0 Å². The quantitative estimate of drug-likeness (QED) is 0.646. The molecule has 2 rings (SSSR count). The second kappa shape index (κ2) is 8.99. The number of aryl methyl sites for hydroxylation is 1. The predicted octanol–water partition coefficient (Wildman–Crippen LogP) is 4.78. The Labute approximate surface area is 149 Å². The number of ether oxygens (including phenoxy) is 1. The summed E-state index contributed by atoms with van der Waals surface area (Å²) in [6.07, 6.45) is 0. The molecule has 136 valence electrons. The second-order valence-corrected chi connectivity index (χ2v) is 7.44. The first-order valence-electron chi connectivity index (χ1n) is 8.26. The lowest BCUT2D eigenvalue weighted by atomic mass is 10.2. The highest BCUT2D eigenvalue weighted by molar-refractivity contribution is 7.54. The van der Waals surface area contributed by atoms with Crippen LogP contribution >= 0.6 is 7.60 Å². The highest BCUT2D eigenvalue weighted by Crippen LogP contribution is 2.61. The molecule has 0 aliphatic carbocycles. The molecule has 6 nitrogen and oxygen atoms in total. The maximum Gasteiger partial charge on any atom is 0.357 e. The number of hydrogen-bond acceptors (Lipinski definition) is 6. The SMILES string of the molecule is CCOP(=O)(OCC)[C@H](Nc1cccc(C)n1)c1ccccc1OC. The summed E-state index contributed by atoms with van der Waals surface area (Å²) >= 11 is 0. The topological polar surface area (TPSA) is 69.7 Å². The number of anilines is 1. The Balaban J connectivity index is 2.52. The van der Waals surface area contributed by atoms with Crippen LogP contribution in [0.25, 0.3) is 0 Å². The van der Waals surface area contributed by atoms with Crippen LogP contribution in [0.15, 0.2) is 42.5 Å². The molecule has 0 bridgehead atoms. The molecule has 0 fully saturated rings. The summed E-state index contributed by atoms with van der Waals surface area (Å²) < 4.78 is 30.1. The summed E-state index contributed by atoms with van der Waals surface area (Å²) in [5.74, 6) is 0.459. The van der Waals surface area contributed by atoms with Crippen LogP contribution in [0.5, 0.6) is 5.75 Å². The van der Waals surface area contributed by atoms with E-state index in [2.05, 4.69) is 10.3 Å². The smallest absolute Gasteiger partial charge is 0.357 e. The average molecular weight is 364 g/mol. The first-order chi connectivity index (χ1) is 12.0. The van der Waals surface area contributed by atoms with Gasteiger partial charge in [-0.1, -0.05) is 24.3 Å². The monoisotopic (exact) mass is 364 g/mol. The zero-order valence-electron chi connectivity index (χ0n) is 15.1. The van der Waals surface area contributed by atoms with Gasteiger partial charge in [0.2, 0.25) is 0 Å². The maximum absolute atomic E-state index is 13.5. The van der Waals surface area contributed by atoms with Crippen molar-refractivity contribution < 1.29 is 18.3 Å². The highest BCUT2D eigenvalue weighted by Gasteiger charge is 2.39. The summed E-state index contributed by atoms with van der Waals surface area (Å²) in [5.41, 5.74) is 1.55. The van der Waals surface area contributed by atoms with Crippen LogP contribution in [0.4, 0.5) is 5.82 Å². The number of benzene rings is 1. The number of nitrogens with zero attached hydrogens (tertiary/aromatic N) is 1. The van der Waals surface area contributed by atoms with Crippen molar-refractivity contribution in [3.05, 3.63) is 53.7 Å². The van der Waals surface area contributed by atoms with E-state index in [0.717, 1.165) is 5.69 Å². The van der Waals surface area contributed by atoms with Gasteiger partial charge in [0.1, 0.15) is 11.6 Å². The van der Waals surface area contributed by atoms with Crippen LogP contribution in [0.2, 0.25) is 0 Å². The molecule has 0 saturated heterocycles. The lowest BCUT2D eigenvalue weighted by molar-refractivity contribution is 0.213. The molecule has 1 N–H and O–H groups in total. The maximum atomic E-state index is 13.5. The van der Waals surface area contributed by atoms with Crippen molar-refractivity contribution in [1.82, 2.24) is 4.98 Å². The first kappa shape index (κ1) is 19.4. The van der Waals surface area contributed by atoms with Crippen LogP contribution < -0.4 is 10.1 Å². The first-order valence-corrected chi connectivity index (χ1v) is 9.87. The van der Waals surface area contributed by atoms with Gasteiger partial charge in [-0.15, -0.1) is 0 Å². The second-order valence-electron chi connectivity index (χ2n) is 5.33. The number of nitrogens with one attached hydrogen (secondary N) is 1. The van der Waals surface area contributed by atoms with Gasteiger partial charge in [-0.05, 0) is 39.0 Å². The van der Waals surface area contributed by atoms with Crippen LogP contribution in [0.1, 0.15) is 30.9 Å². The van der Waals surface area contributed by atoms with Gasteiger partial charge < -0.3 is 19.1 Å². The Morgan fingerprint density at radius 1 is 1.08 bits per heavy atom. The molecule has 1 atom stereocenters. The summed E-state index contributed by atoms with van der Waals surface area (Å²) in [6.45, 7) is 6.01. The molecule has 1 aromatic heterocycles. The van der Waals surface area contributed by atoms with Crippen LogP contribution in [-0.2, 0) is 13.6 Å². The molecule has 0 unspecified atom stereocenters. The molecule has 25 heavy (non-hydrogen) atoms. The van der Waals surface area contributed by atoms with E-state index >= 15 is 0 Å². The van der Waals surface area contributed by atoms with Crippen molar-refractivity contribution in [2.45, 2.75) is 26.6 Å². The van der Waals surface area contributed by atoms with Gasteiger partial charge in [-0.2, -0.15) is 0 Å². The van der Waals surface area contributed by atoms with E-state index in [1.165, 1.54) is 0 Å². The van der Waals surface area contributed by atoms with E-state index in [4.69, 9.17) is 13.8 Å². The van der Waals surface area contributed by atoms with Crippen molar-refractivity contribution in [2.24, 2.45) is 0 Å². The van der Waals surface area contributed by atoms with Crippen molar-refractivity contribution in [1.29, 1.82) is 0 Å². The summed E-state index contributed by atoms with van der Waals surface area (Å²) in [6, 6.07) is 13.0. The molecule has 0 aliphatic rings. The van der Waals surface area contributed by atoms with E-state index in [-0.39, 0.29) is 13.2 Å². The average Bonchev–Trinajstić information content (AvgIpc) is 2.60. The summed E-state index contributed by atoms with van der Waals surface area (Å²) in [4.78, 5) is 4.44. The molecule has 0 saturated carbocycles. The molecular formula is C18H25N2O4P. The zero-order valence-corrected chi connectivity index (χ0v) is 16.0. The number of hydrogen-bond donors (Lipinski definition) is 1. The number of rotatable bonds is 9. The Bertz CT molecular complexity index is 729. The predicted molar refractivity (Wildman–Crippen MR) is 99.2 cm³/mol. The zero-order chi connectivity index (χ0) is 18.3. The lowest BCUT2D eigenvalue weighted by Gasteiger charge is -2.28. The van der Waals surface area contributed by atoms with E-state index in [0.29, 0.717) is 17.1 Å². The molecule has 0 aliphatic heterocycles. The molecule has 2 aromatic rings. The number of para-hydroxylation sites is 1. The normalized spacial score (nSPS) is 12.6. The standard InChI is InChI=1S/C18H25N2O4P/c1-5-23-25(21,24-6-2)18(15-11-7-8-12-16(15)22-4)20-17-13-9-10-14(3)19-17/h7-13,18H,5-6H2,1-4H3,(H,19,20)/t18-/m0/s1. The van der Waals surface area contributed by atoms with Crippen LogP contribution in [0, 0.1) is 6.92 Å². The molecule has 0 spiro atoms. The third kappa shape index (κ3) is 4.82. The van der Waals surface area contributed by atoms with Crippen LogP contribution in [0.3, 0.4) is 0 Å². The Morgan fingerprint density at radius 2 is 1.76 bits per heavy atom. The minimum atomic E-state index is -3.50. The number of methoxy groups -OCH3 is 1. The van der Waals surface area contributed by atoms with E-state index < -0.39 is 13.4 Å². The fourth-order valence-corrected chi connectivity index (χ4v) is 4.47. The Morgan fingerprint density at radius 3 is 2.36 bits per heavy atom. The fraction of sp³-hybridized carbons (Fsp3) is 0.389. The van der Waals surface area contributed by atoms with Gasteiger partial charge in [0.05, 0.1) is 20.3 Å². The van der Waals surface area contributed by atoms with Gasteiger partial charge in [-0.25, -0.2) is 4.98 Å². The van der Waals surface area contributed by atoms with E-state index in [1.54, 1.807) is 21.0 Å². The van der Waals surface area contributed by atoms with Crippen molar-refractivity contribution in [3.8, 4) is 5.75 Å². The molecule has 1 heterocycles. The fourth-order valence-electron chi connectivity index (χ4n) is 2.53. The summed E-state index contributed by atoms with van der Waals surface area (Å²) in [7, 11) is -1.93. The minimum Gasteiger partial charge on any atom is -0.496 e. The third-order valence-electron chi connectivity index (χ3n) is 3.54. The number of aromatic nitrogens is 1. The molecule has 0 amide bonds. The third-order valence-corrected chi connectivity index (χ3v) is 5.82. The molecule has 7 heteroatoms. The molecular weight excluding hydrogens is 339 g/mol. The van der Waals surface area contributed by atoms with Crippen molar-refractivity contribution in [2.75, 3.05) is 25.6 Å². The van der Waals surface area contributed by atoms with Crippen molar-refractivity contribution >= 4 is 13.4 Å². The molecule has 0 radical (unpaired) electrons. The summed E-state index contributed by atoms with van der Waals surface area (Å²) in [5, 5.41) is 3.22. The lowest BCUT2D eigenvalue weighted by Crippen LogP contribution is -2.17. The van der Waals surface area contributed by atoms with E-state index in [9.17, 15) is 4.57 Å². The van der Waals surface area contributed by atoms with Gasteiger partial charge in [-0.3, -0.25) is 4.57 Å². The largest absolute Gasteiger partial charge is 0.496 e. The Kier molecular flexibility index (Phi) is 7.00. The molecule has 1 aromatic carbocycles. The minimum absolute atomic E-state index is 0.270. The Hall–Kier alpha value is -1.88. The van der Waals surface area contributed by atoms with Gasteiger partial charge in [0, 0.05) is 11.3 Å². The van der Waals surface area contributed by atoms with Gasteiger partial charge >= 0.3 is 7.60 Å².